The minimum absolute atomic E-state index is 0.0421. The van der Waals surface area contributed by atoms with Crippen LogP contribution in [0.4, 0.5) is 5.69 Å². The molecule has 0 fully saturated rings. The first kappa shape index (κ1) is 16.7. The van der Waals surface area contributed by atoms with E-state index >= 15 is 0 Å². The number of hydrogen-bond donors (Lipinski definition) is 2. The van der Waals surface area contributed by atoms with Crippen molar-refractivity contribution in [2.24, 2.45) is 0 Å². The van der Waals surface area contributed by atoms with Crippen LogP contribution in [0.25, 0.3) is 16.8 Å². The molecule has 2 aromatic heterocycles. The zero-order valence-corrected chi connectivity index (χ0v) is 15.4. The second kappa shape index (κ2) is 6.84. The monoisotopic (exact) mass is 365 g/mol. The first-order chi connectivity index (χ1) is 12.7. The van der Waals surface area contributed by atoms with Gasteiger partial charge >= 0.3 is 0 Å². The third-order valence-corrected chi connectivity index (χ3v) is 5.28. The predicted octanol–water partition coefficient (Wildman–Crippen LogP) is 3.81. The van der Waals surface area contributed by atoms with Gasteiger partial charge in [0.05, 0.1) is 16.8 Å². The Balaban J connectivity index is 1.53. The fourth-order valence-corrected chi connectivity index (χ4v) is 3.80. The number of carbonyl (C=O) groups is 1. The van der Waals surface area contributed by atoms with Gasteiger partial charge in [-0.3, -0.25) is 9.20 Å². The van der Waals surface area contributed by atoms with E-state index in [9.17, 15) is 4.79 Å². The average molecular weight is 365 g/mol. The Morgan fingerprint density at radius 1 is 1.23 bits per heavy atom. The molecule has 4 rings (SSSR count). The van der Waals surface area contributed by atoms with E-state index < -0.39 is 0 Å². The summed E-state index contributed by atoms with van der Waals surface area (Å²) in [6.07, 6.45) is 0.880. The molecule has 0 bridgehead atoms. The van der Waals surface area contributed by atoms with E-state index in [1.54, 1.807) is 0 Å². The highest BCUT2D eigenvalue weighted by Gasteiger charge is 2.14. The molecule has 0 aliphatic rings. The fraction of sp³-hybridized carbons (Fsp3) is 0.211. The van der Waals surface area contributed by atoms with Crippen LogP contribution in [0.5, 0.6) is 0 Å². The maximum Gasteiger partial charge on any atom is 0.234 e. The number of aromatic amines is 1. The smallest absolute Gasteiger partial charge is 0.234 e. The normalized spacial score (nSPS) is 11.3. The molecule has 0 aliphatic heterocycles. The summed E-state index contributed by atoms with van der Waals surface area (Å²) < 4.78 is 1.94. The Bertz CT molecular complexity index is 1100. The lowest BCUT2D eigenvalue weighted by molar-refractivity contribution is -0.113. The van der Waals surface area contributed by atoms with Gasteiger partial charge in [0, 0.05) is 5.69 Å². The number of anilines is 1. The quantitative estimate of drug-likeness (QED) is 0.527. The topological polar surface area (TPSA) is 75.1 Å². The Kier molecular flexibility index (Phi) is 4.38. The Hall–Kier alpha value is -2.80. The van der Waals surface area contributed by atoms with Crippen LogP contribution >= 0.6 is 11.8 Å². The van der Waals surface area contributed by atoms with Crippen molar-refractivity contribution in [2.45, 2.75) is 25.4 Å². The van der Waals surface area contributed by atoms with E-state index in [0.717, 1.165) is 39.4 Å². The summed E-state index contributed by atoms with van der Waals surface area (Å²) in [4.78, 5) is 17.0. The van der Waals surface area contributed by atoms with Crippen LogP contribution in [-0.4, -0.2) is 31.2 Å². The minimum Gasteiger partial charge on any atom is -0.325 e. The molecule has 26 heavy (non-hydrogen) atoms. The van der Waals surface area contributed by atoms with E-state index in [2.05, 4.69) is 27.4 Å². The zero-order valence-electron chi connectivity index (χ0n) is 14.6. The van der Waals surface area contributed by atoms with Crippen molar-refractivity contribution in [2.75, 3.05) is 11.1 Å². The summed E-state index contributed by atoms with van der Waals surface area (Å²) >= 11 is 1.39. The van der Waals surface area contributed by atoms with Gasteiger partial charge in [0.15, 0.2) is 5.16 Å². The summed E-state index contributed by atoms with van der Waals surface area (Å²) in [5.41, 5.74) is 5.02. The summed E-state index contributed by atoms with van der Waals surface area (Å²) in [6, 6.07) is 14.0. The molecule has 7 heteroatoms. The highest BCUT2D eigenvalue weighted by molar-refractivity contribution is 7.99. The van der Waals surface area contributed by atoms with Gasteiger partial charge < -0.3 is 5.32 Å². The van der Waals surface area contributed by atoms with Gasteiger partial charge in [-0.2, -0.15) is 0 Å². The van der Waals surface area contributed by atoms with Gasteiger partial charge in [-0.25, -0.2) is 10.1 Å². The van der Waals surface area contributed by atoms with Crippen LogP contribution in [-0.2, 0) is 11.2 Å². The zero-order chi connectivity index (χ0) is 18.1. The molecular weight excluding hydrogens is 346 g/mol. The van der Waals surface area contributed by atoms with Crippen molar-refractivity contribution in [3.63, 3.8) is 0 Å². The molecule has 0 radical (unpaired) electrons. The van der Waals surface area contributed by atoms with Gasteiger partial charge in [-0.15, -0.1) is 5.10 Å². The number of imidazole rings is 1. The largest absolute Gasteiger partial charge is 0.325 e. The van der Waals surface area contributed by atoms with Crippen LogP contribution in [0.1, 0.15) is 18.1 Å². The SMILES string of the molecule is CCc1cccc(C)c1NC(=O)CSc1n[nH]c2nc3ccccc3n12. The number of para-hydroxylation sites is 3. The molecule has 0 aliphatic carbocycles. The second-order valence-electron chi connectivity index (χ2n) is 6.07. The third kappa shape index (κ3) is 2.94. The lowest BCUT2D eigenvalue weighted by Gasteiger charge is -2.12. The summed E-state index contributed by atoms with van der Waals surface area (Å²) in [7, 11) is 0. The molecule has 0 atom stereocenters. The number of aromatic nitrogens is 4. The van der Waals surface area contributed by atoms with Crippen LogP contribution in [0.3, 0.4) is 0 Å². The number of amides is 1. The molecule has 2 heterocycles. The summed E-state index contributed by atoms with van der Waals surface area (Å²) in [5.74, 6) is 0.921. The van der Waals surface area contributed by atoms with Crippen LogP contribution in [0.2, 0.25) is 0 Å². The van der Waals surface area contributed by atoms with E-state index in [1.165, 1.54) is 11.8 Å². The van der Waals surface area contributed by atoms with Crippen molar-refractivity contribution >= 4 is 40.2 Å². The Labute approximate surface area is 155 Å². The minimum atomic E-state index is -0.0421. The van der Waals surface area contributed by atoms with E-state index in [1.807, 2.05) is 53.8 Å². The predicted molar refractivity (Wildman–Crippen MR) is 105 cm³/mol. The van der Waals surface area contributed by atoms with Gasteiger partial charge in [0.2, 0.25) is 11.7 Å². The second-order valence-corrected chi connectivity index (χ2v) is 7.01. The summed E-state index contributed by atoms with van der Waals surface area (Å²) in [5, 5.41) is 11.0. The van der Waals surface area contributed by atoms with Crippen molar-refractivity contribution in [3.8, 4) is 0 Å². The number of benzene rings is 2. The standard InChI is InChI=1S/C19H19N5OS/c1-3-13-8-6-7-12(2)17(13)21-16(25)11-26-19-23-22-18-20-14-9-4-5-10-15(14)24(18)19/h4-10H,3,11H2,1-2H3,(H,20,22)(H,21,25). The lowest BCUT2D eigenvalue weighted by atomic mass is 10.1. The number of carbonyl (C=O) groups excluding carboxylic acids is 1. The average Bonchev–Trinajstić information content (AvgIpc) is 3.21. The molecule has 0 saturated carbocycles. The van der Waals surface area contributed by atoms with E-state index in [0.29, 0.717) is 5.78 Å². The van der Waals surface area contributed by atoms with Crippen molar-refractivity contribution in [1.29, 1.82) is 0 Å². The molecule has 0 unspecified atom stereocenters. The first-order valence-electron chi connectivity index (χ1n) is 8.50. The van der Waals surface area contributed by atoms with Gasteiger partial charge in [0.25, 0.3) is 0 Å². The fourth-order valence-electron chi connectivity index (χ4n) is 3.05. The number of hydrogen-bond acceptors (Lipinski definition) is 4. The van der Waals surface area contributed by atoms with Crippen molar-refractivity contribution in [3.05, 3.63) is 53.6 Å². The molecule has 1 amide bonds. The van der Waals surface area contributed by atoms with Crippen LogP contribution in [0.15, 0.2) is 47.6 Å². The van der Waals surface area contributed by atoms with Gasteiger partial charge in [-0.05, 0) is 36.6 Å². The molecule has 4 aromatic rings. The van der Waals surface area contributed by atoms with Gasteiger partial charge in [-0.1, -0.05) is 49.0 Å². The highest BCUT2D eigenvalue weighted by atomic mass is 32.2. The maximum atomic E-state index is 12.5. The lowest BCUT2D eigenvalue weighted by Crippen LogP contribution is -2.16. The van der Waals surface area contributed by atoms with Gasteiger partial charge in [0.1, 0.15) is 0 Å². The Morgan fingerprint density at radius 2 is 2.08 bits per heavy atom. The molecule has 6 nitrogen and oxygen atoms in total. The highest BCUT2D eigenvalue weighted by Crippen LogP contribution is 2.24. The molecule has 0 saturated heterocycles. The number of nitrogens with zero attached hydrogens (tertiary/aromatic N) is 3. The maximum absolute atomic E-state index is 12.5. The molecule has 0 spiro atoms. The van der Waals surface area contributed by atoms with Crippen molar-refractivity contribution in [1.82, 2.24) is 19.6 Å². The summed E-state index contributed by atoms with van der Waals surface area (Å²) in [6.45, 7) is 4.10. The number of aryl methyl sites for hydroxylation is 2. The number of nitrogens with one attached hydrogen (secondary N) is 2. The number of H-pyrrole nitrogens is 1. The molecular formula is C19H19N5OS. The van der Waals surface area contributed by atoms with E-state index in [-0.39, 0.29) is 11.7 Å². The van der Waals surface area contributed by atoms with Crippen LogP contribution in [0, 0.1) is 6.92 Å². The number of thioether (sulfide) groups is 1. The Morgan fingerprint density at radius 3 is 2.92 bits per heavy atom. The molecule has 2 aromatic carbocycles. The van der Waals surface area contributed by atoms with Crippen molar-refractivity contribution < 1.29 is 4.79 Å². The number of fused-ring (bicyclic) bond motifs is 3. The molecule has 132 valence electrons. The van der Waals surface area contributed by atoms with Crippen LogP contribution < -0.4 is 5.32 Å². The molecule has 2 N–H and O–H groups in total. The third-order valence-electron chi connectivity index (χ3n) is 4.34. The van der Waals surface area contributed by atoms with E-state index in [4.69, 9.17) is 0 Å². The number of rotatable bonds is 5. The first-order valence-corrected chi connectivity index (χ1v) is 9.48.